The van der Waals surface area contributed by atoms with Gasteiger partial charge in [0.05, 0.1) is 23.3 Å². The van der Waals surface area contributed by atoms with Gasteiger partial charge in [-0.3, -0.25) is 0 Å². The number of hydrogen-bond acceptors (Lipinski definition) is 4. The van der Waals surface area contributed by atoms with Crippen molar-refractivity contribution < 1.29 is 21.9 Å². The minimum absolute atomic E-state index is 0.00898. The number of nitriles is 1. The molecule has 0 aliphatic heterocycles. The number of rotatable bonds is 4. The van der Waals surface area contributed by atoms with Gasteiger partial charge in [-0.25, -0.2) is 17.2 Å². The Hall–Kier alpha value is -2.46. The summed E-state index contributed by atoms with van der Waals surface area (Å²) in [4.78, 5) is -0.193. The monoisotopic (exact) mass is 323 g/mol. The van der Waals surface area contributed by atoms with Crippen molar-refractivity contribution in [2.45, 2.75) is 10.6 Å². The highest BCUT2D eigenvalue weighted by Gasteiger charge is 2.18. The van der Waals surface area contributed by atoms with Crippen LogP contribution >= 0.6 is 0 Å². The molecule has 0 heterocycles. The van der Waals surface area contributed by atoms with Crippen molar-refractivity contribution in [3.8, 4) is 11.8 Å². The van der Waals surface area contributed by atoms with Crippen LogP contribution in [0.5, 0.6) is 5.75 Å². The van der Waals surface area contributed by atoms with E-state index in [-0.39, 0.29) is 21.8 Å². The molecule has 0 atom stereocenters. The molecule has 0 aliphatic carbocycles. The lowest BCUT2D eigenvalue weighted by Crippen LogP contribution is -2.06. The van der Waals surface area contributed by atoms with Crippen molar-refractivity contribution in [2.75, 3.05) is 7.11 Å². The summed E-state index contributed by atoms with van der Waals surface area (Å²) < 4.78 is 56.1. The lowest BCUT2D eigenvalue weighted by atomic mass is 10.2. The van der Waals surface area contributed by atoms with E-state index in [1.165, 1.54) is 19.2 Å². The Bertz CT molecular complexity index is 858. The topological polar surface area (TPSA) is 67.2 Å². The summed E-state index contributed by atoms with van der Waals surface area (Å²) in [7, 11) is -2.52. The highest BCUT2D eigenvalue weighted by atomic mass is 32.2. The van der Waals surface area contributed by atoms with Crippen LogP contribution in [0.15, 0.2) is 41.3 Å². The predicted octanol–water partition coefficient (Wildman–Crippen LogP) is 2.82. The number of hydrogen-bond donors (Lipinski definition) is 0. The van der Waals surface area contributed by atoms with Crippen LogP contribution < -0.4 is 4.74 Å². The van der Waals surface area contributed by atoms with E-state index in [1.807, 2.05) is 0 Å². The minimum Gasteiger partial charge on any atom is -0.494 e. The van der Waals surface area contributed by atoms with Gasteiger partial charge in [0.15, 0.2) is 21.4 Å². The number of benzene rings is 2. The van der Waals surface area contributed by atoms with Crippen molar-refractivity contribution in [1.29, 1.82) is 5.26 Å². The second kappa shape index (κ2) is 6.12. The zero-order valence-electron chi connectivity index (χ0n) is 11.5. The molecular weight excluding hydrogens is 312 g/mol. The zero-order valence-corrected chi connectivity index (χ0v) is 12.3. The second-order valence-corrected chi connectivity index (χ2v) is 6.47. The Morgan fingerprint density at radius 3 is 2.45 bits per heavy atom. The molecule has 0 saturated heterocycles. The Balaban J connectivity index is 2.36. The minimum atomic E-state index is -3.82. The standard InChI is InChI=1S/C15H11F2NO3S/c1-21-15-5-2-10(6-14(15)17)9-22(19,20)12-3-4-13(16)11(7-12)8-18/h2-7H,9H2,1H3. The average Bonchev–Trinajstić information content (AvgIpc) is 2.47. The molecule has 2 aromatic rings. The first kappa shape index (κ1) is 15.9. The molecule has 0 radical (unpaired) electrons. The molecule has 0 saturated carbocycles. The summed E-state index contributed by atoms with van der Waals surface area (Å²) in [5.74, 6) is -1.93. The Morgan fingerprint density at radius 2 is 1.86 bits per heavy atom. The maximum Gasteiger partial charge on any atom is 0.182 e. The second-order valence-electron chi connectivity index (χ2n) is 4.48. The van der Waals surface area contributed by atoms with Crippen LogP contribution in [0.25, 0.3) is 0 Å². The molecule has 7 heteroatoms. The molecule has 0 N–H and O–H groups in total. The highest BCUT2D eigenvalue weighted by Crippen LogP contribution is 2.23. The van der Waals surface area contributed by atoms with Crippen molar-refractivity contribution >= 4 is 9.84 Å². The summed E-state index contributed by atoms with van der Waals surface area (Å²) >= 11 is 0. The summed E-state index contributed by atoms with van der Waals surface area (Å²) in [6, 6.07) is 8.34. The molecule has 0 amide bonds. The van der Waals surface area contributed by atoms with Crippen LogP contribution in [-0.4, -0.2) is 15.5 Å². The number of methoxy groups -OCH3 is 1. The first-order valence-corrected chi connectivity index (χ1v) is 7.77. The number of nitrogens with zero attached hydrogens (tertiary/aromatic N) is 1. The van der Waals surface area contributed by atoms with Gasteiger partial charge in [-0.1, -0.05) is 6.07 Å². The van der Waals surface area contributed by atoms with Crippen molar-refractivity contribution in [1.82, 2.24) is 0 Å². The molecule has 2 rings (SSSR count). The third kappa shape index (κ3) is 3.23. The fraction of sp³-hybridized carbons (Fsp3) is 0.133. The van der Waals surface area contributed by atoms with Gasteiger partial charge in [-0.15, -0.1) is 0 Å². The van der Waals surface area contributed by atoms with Gasteiger partial charge in [0, 0.05) is 0 Å². The van der Waals surface area contributed by atoms with Crippen LogP contribution in [0, 0.1) is 23.0 Å². The van der Waals surface area contributed by atoms with E-state index in [2.05, 4.69) is 0 Å². The maximum absolute atomic E-state index is 13.6. The molecule has 2 aromatic carbocycles. The molecule has 0 aromatic heterocycles. The van der Waals surface area contributed by atoms with Gasteiger partial charge in [-0.05, 0) is 35.9 Å². The average molecular weight is 323 g/mol. The van der Waals surface area contributed by atoms with Crippen molar-refractivity contribution in [3.05, 3.63) is 59.2 Å². The third-order valence-corrected chi connectivity index (χ3v) is 4.68. The summed E-state index contributed by atoms with van der Waals surface area (Å²) in [6.07, 6.45) is 0. The van der Waals surface area contributed by atoms with Gasteiger partial charge < -0.3 is 4.74 Å². The Morgan fingerprint density at radius 1 is 1.14 bits per heavy atom. The largest absolute Gasteiger partial charge is 0.494 e. The third-order valence-electron chi connectivity index (χ3n) is 2.99. The Labute approximate surface area is 126 Å². The van der Waals surface area contributed by atoms with Gasteiger partial charge in [0.1, 0.15) is 11.9 Å². The normalized spacial score (nSPS) is 11.0. The molecule has 22 heavy (non-hydrogen) atoms. The van der Waals surface area contributed by atoms with E-state index in [0.717, 1.165) is 24.3 Å². The van der Waals surface area contributed by atoms with Crippen molar-refractivity contribution in [3.63, 3.8) is 0 Å². The Kier molecular flexibility index (Phi) is 4.43. The van der Waals surface area contributed by atoms with E-state index in [0.29, 0.717) is 0 Å². The highest BCUT2D eigenvalue weighted by molar-refractivity contribution is 7.90. The van der Waals surface area contributed by atoms with E-state index in [9.17, 15) is 17.2 Å². The van der Waals surface area contributed by atoms with Crippen LogP contribution in [0.2, 0.25) is 0 Å². The first-order chi connectivity index (χ1) is 10.4. The van der Waals surface area contributed by atoms with Crippen LogP contribution in [0.1, 0.15) is 11.1 Å². The lowest BCUT2D eigenvalue weighted by Gasteiger charge is -2.07. The SMILES string of the molecule is COc1ccc(CS(=O)(=O)c2ccc(F)c(C#N)c2)cc1F. The van der Waals surface area contributed by atoms with Gasteiger partial charge in [-0.2, -0.15) is 5.26 Å². The molecule has 4 nitrogen and oxygen atoms in total. The maximum atomic E-state index is 13.6. The predicted molar refractivity (Wildman–Crippen MR) is 75.0 cm³/mol. The van der Waals surface area contributed by atoms with Crippen molar-refractivity contribution in [2.24, 2.45) is 0 Å². The quantitative estimate of drug-likeness (QED) is 0.812. The first-order valence-electron chi connectivity index (χ1n) is 6.12. The van der Waals surface area contributed by atoms with Gasteiger partial charge in [0.25, 0.3) is 0 Å². The zero-order chi connectivity index (χ0) is 16.3. The molecule has 0 aliphatic rings. The molecule has 114 valence electrons. The smallest absolute Gasteiger partial charge is 0.182 e. The van der Waals surface area contributed by atoms with Crippen LogP contribution in [-0.2, 0) is 15.6 Å². The van der Waals surface area contributed by atoms with E-state index >= 15 is 0 Å². The fourth-order valence-electron chi connectivity index (χ4n) is 1.89. The number of ether oxygens (including phenoxy) is 1. The molecule has 0 unspecified atom stereocenters. The van der Waals surface area contributed by atoms with Gasteiger partial charge >= 0.3 is 0 Å². The van der Waals surface area contributed by atoms with E-state index in [1.54, 1.807) is 6.07 Å². The number of sulfone groups is 1. The fourth-order valence-corrected chi connectivity index (χ4v) is 3.24. The number of halogens is 2. The summed E-state index contributed by atoms with van der Waals surface area (Å²) in [6.45, 7) is 0. The molecule has 0 bridgehead atoms. The molecule has 0 spiro atoms. The summed E-state index contributed by atoms with van der Waals surface area (Å²) in [5, 5.41) is 8.74. The van der Waals surface area contributed by atoms with Crippen LogP contribution in [0.4, 0.5) is 8.78 Å². The summed E-state index contributed by atoms with van der Waals surface area (Å²) in [5.41, 5.74) is -0.136. The molecular formula is C15H11F2NO3S. The van der Waals surface area contributed by atoms with Crippen LogP contribution in [0.3, 0.4) is 0 Å². The van der Waals surface area contributed by atoms with Gasteiger partial charge in [0.2, 0.25) is 0 Å². The van der Waals surface area contributed by atoms with E-state index < -0.39 is 27.2 Å². The molecule has 0 fully saturated rings. The lowest BCUT2D eigenvalue weighted by molar-refractivity contribution is 0.386. The van der Waals surface area contributed by atoms with E-state index in [4.69, 9.17) is 10.00 Å².